The SMILES string of the molecule is Cc1cc(F)ccc1C(O)CN(CCCCO)C1CC1. The summed E-state index contributed by atoms with van der Waals surface area (Å²) in [5.74, 6) is -0.263. The van der Waals surface area contributed by atoms with Gasteiger partial charge in [0, 0.05) is 19.2 Å². The predicted octanol–water partition coefficient (Wildman–Crippen LogP) is 2.40. The molecule has 0 saturated heterocycles. The van der Waals surface area contributed by atoms with Gasteiger partial charge in [0.2, 0.25) is 0 Å². The third kappa shape index (κ3) is 4.27. The molecule has 20 heavy (non-hydrogen) atoms. The summed E-state index contributed by atoms with van der Waals surface area (Å²) in [5, 5.41) is 19.2. The fourth-order valence-electron chi connectivity index (χ4n) is 2.62. The van der Waals surface area contributed by atoms with Gasteiger partial charge in [-0.3, -0.25) is 4.90 Å². The lowest BCUT2D eigenvalue weighted by molar-refractivity contribution is 0.106. The number of benzene rings is 1. The van der Waals surface area contributed by atoms with E-state index in [0.717, 1.165) is 30.5 Å². The van der Waals surface area contributed by atoms with Gasteiger partial charge in [-0.1, -0.05) is 6.07 Å². The molecule has 0 aromatic heterocycles. The van der Waals surface area contributed by atoms with Gasteiger partial charge < -0.3 is 10.2 Å². The van der Waals surface area contributed by atoms with E-state index in [1.54, 1.807) is 6.07 Å². The van der Waals surface area contributed by atoms with E-state index >= 15 is 0 Å². The van der Waals surface area contributed by atoms with Crippen LogP contribution in [0.3, 0.4) is 0 Å². The van der Waals surface area contributed by atoms with Gasteiger partial charge >= 0.3 is 0 Å². The molecule has 1 atom stereocenters. The van der Waals surface area contributed by atoms with Gasteiger partial charge in [-0.05, 0) is 62.4 Å². The zero-order valence-corrected chi connectivity index (χ0v) is 12.1. The summed E-state index contributed by atoms with van der Waals surface area (Å²) < 4.78 is 13.1. The summed E-state index contributed by atoms with van der Waals surface area (Å²) in [6, 6.07) is 5.11. The first-order valence-electron chi connectivity index (χ1n) is 7.41. The van der Waals surface area contributed by atoms with E-state index in [2.05, 4.69) is 4.90 Å². The highest BCUT2D eigenvalue weighted by Gasteiger charge is 2.30. The number of aliphatic hydroxyl groups excluding tert-OH is 2. The molecule has 1 unspecified atom stereocenters. The second-order valence-electron chi connectivity index (χ2n) is 5.67. The lowest BCUT2D eigenvalue weighted by atomic mass is 10.0. The van der Waals surface area contributed by atoms with E-state index in [1.165, 1.54) is 25.0 Å². The van der Waals surface area contributed by atoms with Crippen molar-refractivity contribution < 1.29 is 14.6 Å². The van der Waals surface area contributed by atoms with Gasteiger partial charge in [0.1, 0.15) is 5.82 Å². The topological polar surface area (TPSA) is 43.7 Å². The van der Waals surface area contributed by atoms with Crippen LogP contribution in [-0.2, 0) is 0 Å². The van der Waals surface area contributed by atoms with E-state index in [0.29, 0.717) is 12.6 Å². The molecule has 1 fully saturated rings. The number of aryl methyl sites for hydroxylation is 1. The first-order chi connectivity index (χ1) is 9.61. The summed E-state index contributed by atoms with van der Waals surface area (Å²) in [5.41, 5.74) is 1.60. The van der Waals surface area contributed by atoms with Crippen LogP contribution in [0.25, 0.3) is 0 Å². The van der Waals surface area contributed by atoms with Crippen molar-refractivity contribution in [3.05, 3.63) is 35.1 Å². The van der Waals surface area contributed by atoms with Gasteiger partial charge in [-0.15, -0.1) is 0 Å². The Balaban J connectivity index is 1.94. The van der Waals surface area contributed by atoms with Crippen molar-refractivity contribution in [2.75, 3.05) is 19.7 Å². The molecule has 1 aromatic carbocycles. The first-order valence-corrected chi connectivity index (χ1v) is 7.41. The van der Waals surface area contributed by atoms with Gasteiger partial charge in [-0.25, -0.2) is 4.39 Å². The zero-order chi connectivity index (χ0) is 14.5. The average Bonchev–Trinajstić information content (AvgIpc) is 3.21. The number of unbranched alkanes of at least 4 members (excludes halogenated alkanes) is 1. The van der Waals surface area contributed by atoms with E-state index < -0.39 is 6.10 Å². The van der Waals surface area contributed by atoms with Crippen LogP contribution in [0.15, 0.2) is 18.2 Å². The summed E-state index contributed by atoms with van der Waals surface area (Å²) in [6.07, 6.45) is 3.55. The predicted molar refractivity (Wildman–Crippen MR) is 77.0 cm³/mol. The standard InChI is InChI=1S/C16H24FNO2/c1-12-10-13(17)4-7-15(12)16(20)11-18(14-5-6-14)8-2-3-9-19/h4,7,10,14,16,19-20H,2-3,5-6,8-9,11H2,1H3. The van der Waals surface area contributed by atoms with Gasteiger partial charge in [0.15, 0.2) is 0 Å². The van der Waals surface area contributed by atoms with Gasteiger partial charge in [-0.2, -0.15) is 0 Å². The molecule has 1 aliphatic carbocycles. The molecule has 4 heteroatoms. The van der Waals surface area contributed by atoms with Crippen molar-refractivity contribution in [2.45, 2.75) is 44.8 Å². The normalized spacial score (nSPS) is 16.6. The summed E-state index contributed by atoms with van der Waals surface area (Å²) in [6.45, 7) is 3.54. The van der Waals surface area contributed by atoms with Crippen LogP contribution in [0.1, 0.15) is 42.9 Å². The number of hydrogen-bond acceptors (Lipinski definition) is 3. The van der Waals surface area contributed by atoms with Crippen LogP contribution in [0.5, 0.6) is 0 Å². The Morgan fingerprint density at radius 3 is 2.70 bits per heavy atom. The molecule has 0 radical (unpaired) electrons. The Morgan fingerprint density at radius 1 is 1.35 bits per heavy atom. The van der Waals surface area contributed by atoms with E-state index in [4.69, 9.17) is 5.11 Å². The molecule has 2 rings (SSSR count). The molecule has 0 aliphatic heterocycles. The van der Waals surface area contributed by atoms with Gasteiger partial charge in [0.25, 0.3) is 0 Å². The third-order valence-electron chi connectivity index (χ3n) is 3.92. The van der Waals surface area contributed by atoms with Crippen LogP contribution < -0.4 is 0 Å². The quantitative estimate of drug-likeness (QED) is 0.719. The monoisotopic (exact) mass is 281 g/mol. The minimum Gasteiger partial charge on any atom is -0.396 e. The Hall–Kier alpha value is -0.970. The van der Waals surface area contributed by atoms with Crippen LogP contribution in [-0.4, -0.2) is 40.9 Å². The Morgan fingerprint density at radius 2 is 2.10 bits per heavy atom. The number of halogens is 1. The molecular weight excluding hydrogens is 257 g/mol. The fraction of sp³-hybridized carbons (Fsp3) is 0.625. The maximum Gasteiger partial charge on any atom is 0.123 e. The minimum absolute atomic E-state index is 0.220. The highest BCUT2D eigenvalue weighted by atomic mass is 19.1. The summed E-state index contributed by atoms with van der Waals surface area (Å²) in [4.78, 5) is 2.29. The van der Waals surface area contributed by atoms with Crippen molar-refractivity contribution in [3.63, 3.8) is 0 Å². The maximum absolute atomic E-state index is 13.1. The molecule has 1 aliphatic rings. The Bertz CT molecular complexity index is 434. The van der Waals surface area contributed by atoms with Crippen LogP contribution in [0.4, 0.5) is 4.39 Å². The minimum atomic E-state index is -0.578. The van der Waals surface area contributed by atoms with Crippen molar-refractivity contribution in [1.82, 2.24) is 4.90 Å². The number of nitrogens with zero attached hydrogens (tertiary/aromatic N) is 1. The highest BCUT2D eigenvalue weighted by Crippen LogP contribution is 2.29. The van der Waals surface area contributed by atoms with E-state index in [1.807, 2.05) is 6.92 Å². The molecule has 112 valence electrons. The molecule has 1 saturated carbocycles. The smallest absolute Gasteiger partial charge is 0.123 e. The summed E-state index contributed by atoms with van der Waals surface area (Å²) in [7, 11) is 0. The fourth-order valence-corrected chi connectivity index (χ4v) is 2.62. The zero-order valence-electron chi connectivity index (χ0n) is 12.1. The molecule has 0 amide bonds. The van der Waals surface area contributed by atoms with Crippen molar-refractivity contribution in [1.29, 1.82) is 0 Å². The first kappa shape index (κ1) is 15.4. The summed E-state index contributed by atoms with van der Waals surface area (Å²) >= 11 is 0. The van der Waals surface area contributed by atoms with Crippen LogP contribution >= 0.6 is 0 Å². The average molecular weight is 281 g/mol. The largest absolute Gasteiger partial charge is 0.396 e. The molecule has 2 N–H and O–H groups in total. The molecule has 1 aromatic rings. The molecule has 0 bridgehead atoms. The highest BCUT2D eigenvalue weighted by molar-refractivity contribution is 5.28. The van der Waals surface area contributed by atoms with Crippen molar-refractivity contribution in [3.8, 4) is 0 Å². The molecule has 3 nitrogen and oxygen atoms in total. The maximum atomic E-state index is 13.1. The van der Waals surface area contributed by atoms with Crippen molar-refractivity contribution in [2.24, 2.45) is 0 Å². The Labute approximate surface area is 120 Å². The molecule has 0 heterocycles. The third-order valence-corrected chi connectivity index (χ3v) is 3.92. The number of rotatable bonds is 8. The van der Waals surface area contributed by atoms with E-state index in [9.17, 15) is 9.50 Å². The molecule has 0 spiro atoms. The van der Waals surface area contributed by atoms with Crippen LogP contribution in [0, 0.1) is 12.7 Å². The van der Waals surface area contributed by atoms with Crippen molar-refractivity contribution >= 4 is 0 Å². The second kappa shape index (κ2) is 7.16. The van der Waals surface area contributed by atoms with Gasteiger partial charge in [0.05, 0.1) is 6.10 Å². The number of aliphatic hydroxyl groups is 2. The lowest BCUT2D eigenvalue weighted by Crippen LogP contribution is -2.32. The molecular formula is C16H24FNO2. The van der Waals surface area contributed by atoms with Crippen LogP contribution in [0.2, 0.25) is 0 Å². The lowest BCUT2D eigenvalue weighted by Gasteiger charge is -2.25. The second-order valence-corrected chi connectivity index (χ2v) is 5.67. The van der Waals surface area contributed by atoms with E-state index in [-0.39, 0.29) is 12.4 Å². The number of hydrogen-bond donors (Lipinski definition) is 2. The Kier molecular flexibility index (Phi) is 5.52.